The highest BCUT2D eigenvalue weighted by molar-refractivity contribution is 6.30. The Bertz CT molecular complexity index is 900. The van der Waals surface area contributed by atoms with Crippen molar-refractivity contribution in [1.29, 1.82) is 0 Å². The minimum absolute atomic E-state index is 0.227. The summed E-state index contributed by atoms with van der Waals surface area (Å²) in [7, 11) is 3.55. The molecule has 0 unspecified atom stereocenters. The summed E-state index contributed by atoms with van der Waals surface area (Å²) in [5.41, 5.74) is 2.93. The van der Waals surface area contributed by atoms with E-state index in [0.29, 0.717) is 6.04 Å². The van der Waals surface area contributed by atoms with Crippen LogP contribution in [0.2, 0.25) is 5.02 Å². The molecule has 1 aliphatic rings. The maximum absolute atomic E-state index is 12.4. The molecule has 5 nitrogen and oxygen atoms in total. The number of halogens is 1. The van der Waals surface area contributed by atoms with Crippen LogP contribution in [-0.4, -0.2) is 42.8 Å². The summed E-state index contributed by atoms with van der Waals surface area (Å²) in [6, 6.07) is 14.8. The minimum Gasteiger partial charge on any atom is -0.496 e. The Morgan fingerprint density at radius 3 is 2.28 bits per heavy atom. The Morgan fingerprint density at radius 2 is 1.69 bits per heavy atom. The van der Waals surface area contributed by atoms with E-state index in [4.69, 9.17) is 21.1 Å². The molecule has 6 heteroatoms. The monoisotopic (exact) mass is 458 g/mol. The molecule has 2 aromatic carbocycles. The smallest absolute Gasteiger partial charge is 0.410 e. The van der Waals surface area contributed by atoms with Crippen molar-refractivity contribution in [2.75, 3.05) is 14.2 Å². The molecular weight excluding hydrogens is 424 g/mol. The van der Waals surface area contributed by atoms with Gasteiger partial charge in [0.05, 0.1) is 7.11 Å². The van der Waals surface area contributed by atoms with Crippen molar-refractivity contribution < 1.29 is 14.3 Å². The highest BCUT2D eigenvalue weighted by Crippen LogP contribution is 2.29. The first-order valence-electron chi connectivity index (χ1n) is 11.3. The highest BCUT2D eigenvalue weighted by Gasteiger charge is 2.29. The van der Waals surface area contributed by atoms with Crippen LogP contribution in [0.1, 0.15) is 52.0 Å². The number of nitrogens with one attached hydrogen (secondary N) is 1. The van der Waals surface area contributed by atoms with Crippen molar-refractivity contribution in [3.63, 3.8) is 0 Å². The van der Waals surface area contributed by atoms with Crippen LogP contribution in [-0.2, 0) is 11.3 Å². The zero-order valence-corrected chi connectivity index (χ0v) is 20.5. The molecule has 0 atom stereocenters. The van der Waals surface area contributed by atoms with E-state index < -0.39 is 5.60 Å². The van der Waals surface area contributed by atoms with Gasteiger partial charge in [-0.05, 0) is 81.8 Å². The van der Waals surface area contributed by atoms with Gasteiger partial charge in [-0.1, -0.05) is 29.8 Å². The van der Waals surface area contributed by atoms with Gasteiger partial charge >= 0.3 is 6.09 Å². The van der Waals surface area contributed by atoms with Crippen LogP contribution in [0, 0.1) is 0 Å². The summed E-state index contributed by atoms with van der Waals surface area (Å²) in [4.78, 5) is 14.1. The van der Waals surface area contributed by atoms with Crippen molar-refractivity contribution >= 4 is 17.7 Å². The maximum Gasteiger partial charge on any atom is 0.410 e. The number of carbonyl (C=O) groups is 1. The second kappa shape index (κ2) is 10.6. The SMILES string of the molecule is COc1ccc(-c2ccc(Cl)cc2)cc1CN[C@H]1CC[C@H](N(C)C(=O)OC(C)(C)C)CC1. The number of nitrogens with zero attached hydrogens (tertiary/aromatic N) is 1. The van der Waals surface area contributed by atoms with Gasteiger partial charge in [0.15, 0.2) is 0 Å². The molecule has 0 heterocycles. The number of carbonyl (C=O) groups excluding carboxylic acids is 1. The first kappa shape index (κ1) is 24.4. The number of methoxy groups -OCH3 is 1. The third-order valence-corrected chi connectivity index (χ3v) is 6.22. The topological polar surface area (TPSA) is 50.8 Å². The Morgan fingerprint density at radius 1 is 1.06 bits per heavy atom. The number of ether oxygens (including phenoxy) is 2. The Balaban J connectivity index is 1.56. The van der Waals surface area contributed by atoms with Gasteiger partial charge in [0, 0.05) is 36.3 Å². The lowest BCUT2D eigenvalue weighted by molar-refractivity contribution is 0.0179. The second-order valence-corrected chi connectivity index (χ2v) is 9.95. The zero-order valence-electron chi connectivity index (χ0n) is 19.8. The average molecular weight is 459 g/mol. The summed E-state index contributed by atoms with van der Waals surface area (Å²) in [6.07, 6.45) is 3.75. The molecule has 1 amide bonds. The number of hydrogen-bond acceptors (Lipinski definition) is 4. The van der Waals surface area contributed by atoms with E-state index in [1.807, 2.05) is 58.2 Å². The van der Waals surface area contributed by atoms with Gasteiger partial charge in [0.2, 0.25) is 0 Å². The molecule has 2 aromatic rings. The van der Waals surface area contributed by atoms with Gasteiger partial charge in [-0.25, -0.2) is 4.79 Å². The molecule has 1 saturated carbocycles. The molecule has 174 valence electrons. The molecule has 0 spiro atoms. The van der Waals surface area contributed by atoms with Crippen LogP contribution in [0.4, 0.5) is 4.79 Å². The third-order valence-electron chi connectivity index (χ3n) is 5.97. The predicted octanol–water partition coefficient (Wildman–Crippen LogP) is 6.28. The Hall–Kier alpha value is -2.24. The van der Waals surface area contributed by atoms with Gasteiger partial charge in [-0.3, -0.25) is 0 Å². The van der Waals surface area contributed by atoms with Crippen LogP contribution in [0.25, 0.3) is 11.1 Å². The molecule has 1 aliphatic carbocycles. The van der Waals surface area contributed by atoms with E-state index in [1.54, 1.807) is 12.0 Å². The van der Waals surface area contributed by atoms with E-state index in [-0.39, 0.29) is 12.1 Å². The van der Waals surface area contributed by atoms with Gasteiger partial charge in [-0.15, -0.1) is 0 Å². The second-order valence-electron chi connectivity index (χ2n) is 9.51. The molecule has 32 heavy (non-hydrogen) atoms. The molecule has 0 radical (unpaired) electrons. The Labute approximate surface area is 197 Å². The van der Waals surface area contributed by atoms with Gasteiger partial charge in [0.25, 0.3) is 0 Å². The molecule has 1 fully saturated rings. The van der Waals surface area contributed by atoms with E-state index >= 15 is 0 Å². The van der Waals surface area contributed by atoms with Crippen LogP contribution < -0.4 is 10.1 Å². The number of rotatable bonds is 6. The fraction of sp³-hybridized carbons (Fsp3) is 0.500. The molecule has 0 saturated heterocycles. The maximum atomic E-state index is 12.4. The molecule has 0 aliphatic heterocycles. The number of hydrogen-bond donors (Lipinski definition) is 1. The number of benzene rings is 2. The summed E-state index contributed by atoms with van der Waals surface area (Å²) in [5, 5.41) is 4.42. The van der Waals surface area contributed by atoms with Gasteiger partial charge < -0.3 is 19.7 Å². The standard InChI is InChI=1S/C26H35ClN2O3/c1-26(2,3)32-25(30)29(4)23-13-11-22(12-14-23)28-17-20-16-19(8-15-24(20)31-5)18-6-9-21(27)10-7-18/h6-10,15-16,22-23,28H,11-14,17H2,1-5H3/t22-,23-. The lowest BCUT2D eigenvalue weighted by Crippen LogP contribution is -2.44. The molecule has 3 rings (SSSR count). The van der Waals surface area contributed by atoms with E-state index in [1.165, 1.54) is 0 Å². The quantitative estimate of drug-likeness (QED) is 0.553. The third kappa shape index (κ3) is 6.63. The normalized spacial score (nSPS) is 18.8. The molecule has 0 aromatic heterocycles. The van der Waals surface area contributed by atoms with Crippen molar-refractivity contribution in [2.45, 2.75) is 70.7 Å². The summed E-state index contributed by atoms with van der Waals surface area (Å²) in [5.74, 6) is 0.883. The largest absolute Gasteiger partial charge is 0.496 e. The van der Waals surface area contributed by atoms with Crippen molar-refractivity contribution in [3.05, 3.63) is 53.1 Å². The first-order valence-corrected chi connectivity index (χ1v) is 11.7. The predicted molar refractivity (Wildman–Crippen MR) is 130 cm³/mol. The minimum atomic E-state index is -0.469. The zero-order chi connectivity index (χ0) is 23.3. The average Bonchev–Trinajstić information content (AvgIpc) is 2.76. The summed E-state index contributed by atoms with van der Waals surface area (Å²) in [6.45, 7) is 6.43. The van der Waals surface area contributed by atoms with Gasteiger partial charge in [-0.2, -0.15) is 0 Å². The summed E-state index contributed by atoms with van der Waals surface area (Å²) < 4.78 is 11.1. The van der Waals surface area contributed by atoms with Crippen LogP contribution in [0.5, 0.6) is 5.75 Å². The van der Waals surface area contributed by atoms with Crippen molar-refractivity contribution in [3.8, 4) is 16.9 Å². The van der Waals surface area contributed by atoms with Crippen LogP contribution >= 0.6 is 11.6 Å². The van der Waals surface area contributed by atoms with E-state index in [2.05, 4.69) is 17.4 Å². The lowest BCUT2D eigenvalue weighted by Gasteiger charge is -2.36. The van der Waals surface area contributed by atoms with Crippen molar-refractivity contribution in [2.24, 2.45) is 0 Å². The van der Waals surface area contributed by atoms with E-state index in [9.17, 15) is 4.79 Å². The first-order chi connectivity index (χ1) is 15.2. The fourth-order valence-electron chi connectivity index (χ4n) is 4.14. The van der Waals surface area contributed by atoms with Crippen LogP contribution in [0.3, 0.4) is 0 Å². The van der Waals surface area contributed by atoms with Crippen molar-refractivity contribution in [1.82, 2.24) is 10.2 Å². The lowest BCUT2D eigenvalue weighted by atomic mass is 9.90. The van der Waals surface area contributed by atoms with E-state index in [0.717, 1.165) is 59.7 Å². The molecule has 1 N–H and O–H groups in total. The van der Waals surface area contributed by atoms with Gasteiger partial charge in [0.1, 0.15) is 11.4 Å². The fourth-order valence-corrected chi connectivity index (χ4v) is 4.27. The summed E-state index contributed by atoms with van der Waals surface area (Å²) >= 11 is 6.03. The van der Waals surface area contributed by atoms with Crippen LogP contribution in [0.15, 0.2) is 42.5 Å². The molecule has 0 bridgehead atoms. The Kier molecular flexibility index (Phi) is 8.07. The molecular formula is C26H35ClN2O3. The number of amides is 1. The highest BCUT2D eigenvalue weighted by atomic mass is 35.5.